The van der Waals surface area contributed by atoms with E-state index in [-0.39, 0.29) is 12.3 Å². The average molecular weight is 195 g/mol. The van der Waals surface area contributed by atoms with Gasteiger partial charge in [0.15, 0.2) is 0 Å². The Kier molecular flexibility index (Phi) is 4.19. The molecule has 12 heavy (non-hydrogen) atoms. The number of rotatable bonds is 5. The molecule has 0 saturated heterocycles. The van der Waals surface area contributed by atoms with Gasteiger partial charge in [0.25, 0.3) is 0 Å². The van der Waals surface area contributed by atoms with E-state index < -0.39 is 21.8 Å². The summed E-state index contributed by atoms with van der Waals surface area (Å²) < 4.78 is 21.2. The molecule has 0 amide bonds. The molecule has 0 aliphatic carbocycles. The third-order valence-electron chi connectivity index (χ3n) is 1.29. The van der Waals surface area contributed by atoms with E-state index in [9.17, 15) is 13.2 Å². The fourth-order valence-corrected chi connectivity index (χ4v) is 1.04. The van der Waals surface area contributed by atoms with Crippen molar-refractivity contribution in [3.63, 3.8) is 0 Å². The van der Waals surface area contributed by atoms with Gasteiger partial charge in [-0.1, -0.05) is 0 Å². The number of hydrogen-bond donors (Lipinski definition) is 2. The first-order valence-electron chi connectivity index (χ1n) is 3.47. The van der Waals surface area contributed by atoms with E-state index in [0.717, 1.165) is 6.26 Å². The molecule has 0 aliphatic rings. The van der Waals surface area contributed by atoms with Gasteiger partial charge in [-0.25, -0.2) is 8.42 Å². The first-order valence-corrected chi connectivity index (χ1v) is 5.53. The van der Waals surface area contributed by atoms with Crippen molar-refractivity contribution in [1.82, 2.24) is 5.32 Å². The average Bonchev–Trinajstić information content (AvgIpc) is 1.84. The second-order valence-corrected chi connectivity index (χ2v) is 4.90. The molecule has 0 aliphatic heterocycles. The van der Waals surface area contributed by atoms with Crippen LogP contribution < -0.4 is 5.32 Å². The van der Waals surface area contributed by atoms with Crippen molar-refractivity contribution in [2.24, 2.45) is 0 Å². The zero-order valence-electron chi connectivity index (χ0n) is 7.07. The molecular weight excluding hydrogens is 182 g/mol. The summed E-state index contributed by atoms with van der Waals surface area (Å²) in [5.74, 6) is -1.02. The number of carboxylic acid groups (broad SMARTS) is 1. The van der Waals surface area contributed by atoms with E-state index in [1.165, 1.54) is 6.92 Å². The Hall–Kier alpha value is -0.620. The topological polar surface area (TPSA) is 83.5 Å². The number of aliphatic carboxylic acids is 1. The van der Waals surface area contributed by atoms with E-state index >= 15 is 0 Å². The van der Waals surface area contributed by atoms with Gasteiger partial charge in [-0.05, 0) is 6.92 Å². The lowest BCUT2D eigenvalue weighted by Crippen LogP contribution is -2.36. The fraction of sp³-hybridized carbons (Fsp3) is 0.833. The minimum absolute atomic E-state index is 0.0371. The third-order valence-corrected chi connectivity index (χ3v) is 2.24. The van der Waals surface area contributed by atoms with E-state index in [0.29, 0.717) is 0 Å². The van der Waals surface area contributed by atoms with Crippen LogP contribution in [0.3, 0.4) is 0 Å². The first kappa shape index (κ1) is 11.4. The predicted octanol–water partition coefficient (Wildman–Crippen LogP) is -0.906. The summed E-state index contributed by atoms with van der Waals surface area (Å²) in [6.45, 7) is 1.64. The number of hydrogen-bond acceptors (Lipinski definition) is 4. The molecule has 0 radical (unpaired) electrons. The summed E-state index contributed by atoms with van der Waals surface area (Å²) in [4.78, 5) is 10.2. The van der Waals surface area contributed by atoms with Gasteiger partial charge in [-0.15, -0.1) is 0 Å². The van der Waals surface area contributed by atoms with Crippen LogP contribution in [0.15, 0.2) is 0 Å². The second-order valence-electron chi connectivity index (χ2n) is 2.64. The van der Waals surface area contributed by atoms with Crippen LogP contribution in [0.1, 0.15) is 6.92 Å². The van der Waals surface area contributed by atoms with Crippen LogP contribution in [0.2, 0.25) is 0 Å². The summed E-state index contributed by atoms with van der Waals surface area (Å²) in [5.41, 5.74) is 0. The molecule has 1 atom stereocenters. The van der Waals surface area contributed by atoms with Gasteiger partial charge >= 0.3 is 5.97 Å². The maximum Gasteiger partial charge on any atom is 0.320 e. The van der Waals surface area contributed by atoms with Gasteiger partial charge in [-0.2, -0.15) is 0 Å². The molecule has 0 bridgehead atoms. The summed E-state index contributed by atoms with van der Waals surface area (Å²) in [6.07, 6.45) is 1.11. The minimum Gasteiger partial charge on any atom is -0.480 e. The largest absolute Gasteiger partial charge is 0.480 e. The van der Waals surface area contributed by atoms with Crippen molar-refractivity contribution < 1.29 is 18.3 Å². The Morgan fingerprint density at radius 3 is 2.42 bits per heavy atom. The van der Waals surface area contributed by atoms with Crippen LogP contribution in [-0.4, -0.2) is 44.1 Å². The lowest BCUT2D eigenvalue weighted by molar-refractivity contribution is -0.138. The van der Waals surface area contributed by atoms with Gasteiger partial charge in [0.05, 0.1) is 5.75 Å². The highest BCUT2D eigenvalue weighted by Crippen LogP contribution is 1.83. The molecule has 0 spiro atoms. The van der Waals surface area contributed by atoms with Crippen molar-refractivity contribution in [2.45, 2.75) is 13.0 Å². The van der Waals surface area contributed by atoms with Gasteiger partial charge in [0.1, 0.15) is 15.9 Å². The van der Waals surface area contributed by atoms with Crippen LogP contribution in [0.4, 0.5) is 0 Å². The molecule has 5 nitrogen and oxygen atoms in total. The quantitative estimate of drug-likeness (QED) is 0.593. The highest BCUT2D eigenvalue weighted by molar-refractivity contribution is 7.90. The minimum atomic E-state index is -3.00. The van der Waals surface area contributed by atoms with Crippen molar-refractivity contribution in [3.05, 3.63) is 0 Å². The maximum atomic E-state index is 10.6. The maximum absolute atomic E-state index is 10.6. The van der Waals surface area contributed by atoms with Gasteiger partial charge in [-0.3, -0.25) is 4.79 Å². The van der Waals surface area contributed by atoms with Crippen LogP contribution >= 0.6 is 0 Å². The van der Waals surface area contributed by atoms with Crippen molar-refractivity contribution >= 4 is 15.8 Å². The molecule has 6 heteroatoms. The number of carbonyl (C=O) groups is 1. The molecule has 0 heterocycles. The molecule has 0 aromatic heterocycles. The summed E-state index contributed by atoms with van der Waals surface area (Å²) in [7, 11) is -3.00. The SMILES string of the molecule is C[C@@H](NCCS(C)(=O)=O)C(=O)O. The normalized spacial score (nSPS) is 14.2. The molecule has 0 unspecified atom stereocenters. The molecule has 0 fully saturated rings. The number of nitrogens with one attached hydrogen (secondary N) is 1. The summed E-state index contributed by atoms with van der Waals surface area (Å²) in [5, 5.41) is 11.0. The molecule has 72 valence electrons. The summed E-state index contributed by atoms with van der Waals surface area (Å²) in [6, 6.07) is -0.702. The van der Waals surface area contributed by atoms with Gasteiger partial charge in [0, 0.05) is 12.8 Å². The van der Waals surface area contributed by atoms with Gasteiger partial charge in [0.2, 0.25) is 0 Å². The van der Waals surface area contributed by atoms with Crippen LogP contribution in [0.5, 0.6) is 0 Å². The monoisotopic (exact) mass is 195 g/mol. The predicted molar refractivity (Wildman–Crippen MR) is 44.8 cm³/mol. The highest BCUT2D eigenvalue weighted by atomic mass is 32.2. The third kappa shape index (κ3) is 6.11. The Morgan fingerprint density at radius 2 is 2.08 bits per heavy atom. The van der Waals surface area contributed by atoms with E-state index in [4.69, 9.17) is 5.11 Å². The smallest absolute Gasteiger partial charge is 0.320 e. The number of sulfone groups is 1. The lowest BCUT2D eigenvalue weighted by atomic mass is 10.3. The molecule has 0 aromatic carbocycles. The van der Waals surface area contributed by atoms with E-state index in [1.54, 1.807) is 0 Å². The second kappa shape index (κ2) is 4.42. The molecule has 2 N–H and O–H groups in total. The standard InChI is InChI=1S/C6H13NO4S/c1-5(6(8)9)7-3-4-12(2,10)11/h5,7H,3-4H2,1-2H3,(H,8,9)/t5-/m1/s1. The molecule has 0 aromatic rings. The van der Waals surface area contributed by atoms with Gasteiger partial charge < -0.3 is 10.4 Å². The van der Waals surface area contributed by atoms with Crippen molar-refractivity contribution in [2.75, 3.05) is 18.6 Å². The Balaban J connectivity index is 3.65. The van der Waals surface area contributed by atoms with Crippen LogP contribution in [0, 0.1) is 0 Å². The van der Waals surface area contributed by atoms with E-state index in [1.807, 2.05) is 0 Å². The highest BCUT2D eigenvalue weighted by Gasteiger charge is 2.10. The zero-order valence-corrected chi connectivity index (χ0v) is 7.89. The molecule has 0 rings (SSSR count). The molecule has 0 saturated carbocycles. The van der Waals surface area contributed by atoms with Crippen LogP contribution in [-0.2, 0) is 14.6 Å². The summed E-state index contributed by atoms with van der Waals surface area (Å²) >= 11 is 0. The fourth-order valence-electron chi connectivity index (χ4n) is 0.548. The molecular formula is C6H13NO4S. The Labute approximate surface area is 71.7 Å². The van der Waals surface area contributed by atoms with Crippen molar-refractivity contribution in [3.8, 4) is 0 Å². The van der Waals surface area contributed by atoms with Crippen LogP contribution in [0.25, 0.3) is 0 Å². The lowest BCUT2D eigenvalue weighted by Gasteiger charge is -2.07. The Bertz CT molecular complexity index is 246. The van der Waals surface area contributed by atoms with E-state index in [2.05, 4.69) is 5.32 Å². The number of carboxylic acids is 1. The zero-order chi connectivity index (χ0) is 9.78. The Morgan fingerprint density at radius 1 is 1.58 bits per heavy atom. The first-order chi connectivity index (χ1) is 5.33. The van der Waals surface area contributed by atoms with Crippen molar-refractivity contribution in [1.29, 1.82) is 0 Å².